The zero-order valence-electron chi connectivity index (χ0n) is 11.8. The molecule has 1 aliphatic rings. The molecule has 0 unspecified atom stereocenters. The first kappa shape index (κ1) is 16.1. The van der Waals surface area contributed by atoms with Crippen LogP contribution in [0.2, 0.25) is 10.0 Å². The van der Waals surface area contributed by atoms with Crippen molar-refractivity contribution in [2.75, 3.05) is 5.32 Å². The molecule has 0 spiro atoms. The zero-order valence-corrected chi connectivity index (χ0v) is 13.3. The van der Waals surface area contributed by atoms with Crippen molar-refractivity contribution in [1.29, 1.82) is 0 Å². The summed E-state index contributed by atoms with van der Waals surface area (Å²) in [5.74, 6) is -0.939. The normalized spacial score (nSPS) is 21.7. The maximum atomic E-state index is 11.9. The third kappa shape index (κ3) is 4.35. The van der Waals surface area contributed by atoms with Gasteiger partial charge in [0.2, 0.25) is 0 Å². The van der Waals surface area contributed by atoms with Crippen LogP contribution in [0, 0.1) is 5.92 Å². The van der Waals surface area contributed by atoms with Crippen LogP contribution in [-0.2, 0) is 9.59 Å². The van der Waals surface area contributed by atoms with Crippen LogP contribution in [0.1, 0.15) is 32.6 Å². The van der Waals surface area contributed by atoms with Crippen molar-refractivity contribution in [3.8, 4) is 0 Å². The molecule has 0 saturated heterocycles. The molecule has 2 atom stereocenters. The summed E-state index contributed by atoms with van der Waals surface area (Å²) < 4.78 is 0. The number of benzene rings is 1. The van der Waals surface area contributed by atoms with Crippen LogP contribution in [-0.4, -0.2) is 17.9 Å². The van der Waals surface area contributed by atoms with Crippen molar-refractivity contribution < 1.29 is 9.59 Å². The molecule has 1 aromatic carbocycles. The molecule has 114 valence electrons. The molecule has 4 nitrogen and oxygen atoms in total. The van der Waals surface area contributed by atoms with Gasteiger partial charge in [-0.3, -0.25) is 9.59 Å². The first-order valence-electron chi connectivity index (χ1n) is 7.04. The van der Waals surface area contributed by atoms with E-state index in [1.807, 2.05) is 0 Å². The SMILES string of the molecule is C[C@H]1CCCC[C@@H]1NC(=O)C(=O)Nc1ccc(Cl)cc1Cl. The van der Waals surface area contributed by atoms with E-state index in [1.165, 1.54) is 12.5 Å². The van der Waals surface area contributed by atoms with E-state index in [9.17, 15) is 9.59 Å². The van der Waals surface area contributed by atoms with E-state index in [-0.39, 0.29) is 6.04 Å². The first-order chi connectivity index (χ1) is 9.97. The Morgan fingerprint density at radius 3 is 2.52 bits per heavy atom. The second-order valence-electron chi connectivity index (χ2n) is 5.42. The van der Waals surface area contributed by atoms with Crippen LogP contribution >= 0.6 is 23.2 Å². The van der Waals surface area contributed by atoms with E-state index >= 15 is 0 Å². The predicted molar refractivity (Wildman–Crippen MR) is 84.7 cm³/mol. The summed E-state index contributed by atoms with van der Waals surface area (Å²) in [5, 5.41) is 6.07. The Labute approximate surface area is 134 Å². The minimum absolute atomic E-state index is 0.0673. The molecule has 0 radical (unpaired) electrons. The van der Waals surface area contributed by atoms with Gasteiger partial charge in [-0.15, -0.1) is 0 Å². The summed E-state index contributed by atoms with van der Waals surface area (Å²) in [4.78, 5) is 23.9. The lowest BCUT2D eigenvalue weighted by atomic mass is 9.86. The number of nitrogens with one attached hydrogen (secondary N) is 2. The number of anilines is 1. The molecule has 0 aromatic heterocycles. The largest absolute Gasteiger partial charge is 0.345 e. The lowest BCUT2D eigenvalue weighted by Crippen LogP contribution is -2.45. The highest BCUT2D eigenvalue weighted by atomic mass is 35.5. The van der Waals surface area contributed by atoms with Gasteiger partial charge in [-0.05, 0) is 37.0 Å². The van der Waals surface area contributed by atoms with Gasteiger partial charge in [0.1, 0.15) is 0 Å². The van der Waals surface area contributed by atoms with Gasteiger partial charge in [0.25, 0.3) is 0 Å². The van der Waals surface area contributed by atoms with Gasteiger partial charge in [-0.1, -0.05) is 43.0 Å². The average molecular weight is 329 g/mol. The number of rotatable bonds is 2. The van der Waals surface area contributed by atoms with Crippen molar-refractivity contribution in [3.63, 3.8) is 0 Å². The van der Waals surface area contributed by atoms with E-state index in [4.69, 9.17) is 23.2 Å². The Kier molecular flexibility index (Phi) is 5.48. The van der Waals surface area contributed by atoms with E-state index in [0.717, 1.165) is 19.3 Å². The van der Waals surface area contributed by atoms with Crippen molar-refractivity contribution in [3.05, 3.63) is 28.2 Å². The van der Waals surface area contributed by atoms with E-state index < -0.39 is 11.8 Å². The maximum absolute atomic E-state index is 11.9. The molecule has 2 amide bonds. The van der Waals surface area contributed by atoms with Gasteiger partial charge in [0.05, 0.1) is 10.7 Å². The third-order valence-corrected chi connectivity index (χ3v) is 4.36. The Morgan fingerprint density at radius 2 is 1.86 bits per heavy atom. The fourth-order valence-corrected chi connectivity index (χ4v) is 2.99. The van der Waals surface area contributed by atoms with Crippen LogP contribution in [0.3, 0.4) is 0 Å². The van der Waals surface area contributed by atoms with Gasteiger partial charge >= 0.3 is 11.8 Å². The minimum atomic E-state index is -0.711. The Balaban J connectivity index is 1.94. The lowest BCUT2D eigenvalue weighted by molar-refractivity contribution is -0.137. The highest BCUT2D eigenvalue weighted by Crippen LogP contribution is 2.26. The smallest absolute Gasteiger partial charge is 0.313 e. The second kappa shape index (κ2) is 7.14. The standard InChI is InChI=1S/C15H18Cl2N2O2/c1-9-4-2-3-5-12(9)18-14(20)15(21)19-13-7-6-10(16)8-11(13)17/h6-9,12H,2-5H2,1H3,(H,18,20)(H,19,21)/t9-,12-/m0/s1. The summed E-state index contributed by atoms with van der Waals surface area (Å²) in [6, 6.07) is 4.75. The Hall–Kier alpha value is -1.26. The fourth-order valence-electron chi connectivity index (χ4n) is 2.53. The Bertz CT molecular complexity index is 548. The summed E-state index contributed by atoms with van der Waals surface area (Å²) in [6.07, 6.45) is 4.26. The molecule has 1 fully saturated rings. The van der Waals surface area contributed by atoms with Gasteiger partial charge in [0, 0.05) is 11.1 Å². The number of hydrogen-bond acceptors (Lipinski definition) is 2. The lowest BCUT2D eigenvalue weighted by Gasteiger charge is -2.29. The number of halogens is 2. The molecule has 0 bridgehead atoms. The first-order valence-corrected chi connectivity index (χ1v) is 7.80. The van der Waals surface area contributed by atoms with E-state index in [1.54, 1.807) is 12.1 Å². The van der Waals surface area contributed by atoms with Gasteiger partial charge < -0.3 is 10.6 Å². The average Bonchev–Trinajstić information content (AvgIpc) is 2.44. The molecule has 1 saturated carbocycles. The predicted octanol–water partition coefficient (Wildman–Crippen LogP) is 3.63. The summed E-state index contributed by atoms with van der Waals surface area (Å²) >= 11 is 11.7. The van der Waals surface area contributed by atoms with Crippen LogP contribution < -0.4 is 10.6 Å². The number of carbonyl (C=O) groups excluding carboxylic acids is 2. The topological polar surface area (TPSA) is 58.2 Å². The molecule has 2 rings (SSSR count). The minimum Gasteiger partial charge on any atom is -0.345 e. The van der Waals surface area contributed by atoms with Crippen LogP contribution in [0.5, 0.6) is 0 Å². The number of amides is 2. The van der Waals surface area contributed by atoms with E-state index in [2.05, 4.69) is 17.6 Å². The summed E-state index contributed by atoms with van der Waals surface area (Å²) in [5.41, 5.74) is 0.373. The monoisotopic (exact) mass is 328 g/mol. The van der Waals surface area contributed by atoms with Crippen molar-refractivity contribution in [2.24, 2.45) is 5.92 Å². The van der Waals surface area contributed by atoms with Crippen molar-refractivity contribution in [1.82, 2.24) is 5.32 Å². The molecule has 21 heavy (non-hydrogen) atoms. The summed E-state index contributed by atoms with van der Waals surface area (Å²) in [6.45, 7) is 2.10. The quantitative estimate of drug-likeness (QED) is 0.814. The maximum Gasteiger partial charge on any atom is 0.313 e. The number of hydrogen-bond donors (Lipinski definition) is 2. The molecule has 1 aromatic rings. The molecular weight excluding hydrogens is 311 g/mol. The Morgan fingerprint density at radius 1 is 1.14 bits per heavy atom. The fraction of sp³-hybridized carbons (Fsp3) is 0.467. The molecule has 0 heterocycles. The van der Waals surface area contributed by atoms with Gasteiger partial charge in [-0.25, -0.2) is 0 Å². The van der Waals surface area contributed by atoms with Gasteiger partial charge in [-0.2, -0.15) is 0 Å². The second-order valence-corrected chi connectivity index (χ2v) is 6.26. The molecular formula is C15H18Cl2N2O2. The zero-order chi connectivity index (χ0) is 15.4. The van der Waals surface area contributed by atoms with E-state index in [0.29, 0.717) is 21.7 Å². The van der Waals surface area contributed by atoms with Crippen molar-refractivity contribution >= 4 is 40.7 Å². The third-order valence-electron chi connectivity index (χ3n) is 3.81. The van der Waals surface area contributed by atoms with Crippen LogP contribution in [0.4, 0.5) is 5.69 Å². The van der Waals surface area contributed by atoms with Crippen LogP contribution in [0.25, 0.3) is 0 Å². The molecule has 0 aliphatic heterocycles. The van der Waals surface area contributed by atoms with Gasteiger partial charge in [0.15, 0.2) is 0 Å². The molecule has 6 heteroatoms. The highest BCUT2D eigenvalue weighted by molar-refractivity contribution is 6.42. The van der Waals surface area contributed by atoms with Crippen LogP contribution in [0.15, 0.2) is 18.2 Å². The van der Waals surface area contributed by atoms with Crippen molar-refractivity contribution in [2.45, 2.75) is 38.6 Å². The number of carbonyl (C=O) groups is 2. The molecule has 2 N–H and O–H groups in total. The summed E-state index contributed by atoms with van der Waals surface area (Å²) in [7, 11) is 0. The highest BCUT2D eigenvalue weighted by Gasteiger charge is 2.25. The molecule has 1 aliphatic carbocycles.